The van der Waals surface area contributed by atoms with Gasteiger partial charge in [-0.15, -0.1) is 0 Å². The highest BCUT2D eigenvalue weighted by atomic mass is 79.9. The van der Waals surface area contributed by atoms with Gasteiger partial charge in [0.25, 0.3) is 0 Å². The molecule has 0 aliphatic rings. The molecule has 1 unspecified atom stereocenters. The molecule has 1 N–H and O–H groups in total. The molecule has 4 heteroatoms. The van der Waals surface area contributed by atoms with E-state index in [-0.39, 0.29) is 12.0 Å². The number of aliphatic hydroxyl groups is 1. The number of halogens is 3. The van der Waals surface area contributed by atoms with E-state index < -0.39 is 11.9 Å². The van der Waals surface area contributed by atoms with E-state index in [2.05, 4.69) is 15.9 Å². The van der Waals surface area contributed by atoms with Gasteiger partial charge in [-0.2, -0.15) is 0 Å². The van der Waals surface area contributed by atoms with Crippen LogP contribution in [0.5, 0.6) is 0 Å². The maximum atomic E-state index is 13.7. The Morgan fingerprint density at radius 2 is 2.00 bits per heavy atom. The summed E-state index contributed by atoms with van der Waals surface area (Å²) in [6.07, 6.45) is -0.620. The molecule has 1 atom stereocenters. The van der Waals surface area contributed by atoms with Crippen molar-refractivity contribution in [2.24, 2.45) is 0 Å². The van der Waals surface area contributed by atoms with Crippen molar-refractivity contribution in [1.29, 1.82) is 0 Å². The Morgan fingerprint density at radius 1 is 1.26 bits per heavy atom. The second-order valence-corrected chi connectivity index (χ2v) is 5.80. The van der Waals surface area contributed by atoms with E-state index in [1.165, 1.54) is 6.07 Å². The number of aryl methyl sites for hydroxylation is 1. The maximum absolute atomic E-state index is 13.7. The largest absolute Gasteiger partial charge is 0.388 e. The lowest BCUT2D eigenvalue weighted by molar-refractivity contribution is 0.173. The van der Waals surface area contributed by atoms with Gasteiger partial charge in [-0.3, -0.25) is 0 Å². The van der Waals surface area contributed by atoms with Crippen molar-refractivity contribution >= 4 is 27.5 Å². The van der Waals surface area contributed by atoms with Gasteiger partial charge in [0, 0.05) is 21.5 Å². The van der Waals surface area contributed by atoms with Crippen LogP contribution >= 0.6 is 27.5 Å². The highest BCUT2D eigenvalue weighted by Gasteiger charge is 2.15. The molecular formula is C15H13BrClFO. The molecule has 2 rings (SSSR count). The van der Waals surface area contributed by atoms with Crippen LogP contribution in [-0.4, -0.2) is 5.11 Å². The lowest BCUT2D eigenvalue weighted by Crippen LogP contribution is -2.05. The minimum atomic E-state index is -0.909. The third-order valence-corrected chi connectivity index (χ3v) is 3.79. The third-order valence-electron chi connectivity index (χ3n) is 2.94. The van der Waals surface area contributed by atoms with Crippen LogP contribution in [0.25, 0.3) is 0 Å². The first-order chi connectivity index (χ1) is 8.97. The highest BCUT2D eigenvalue weighted by molar-refractivity contribution is 9.10. The zero-order valence-electron chi connectivity index (χ0n) is 10.3. The van der Waals surface area contributed by atoms with Crippen molar-refractivity contribution in [1.82, 2.24) is 0 Å². The molecule has 1 nitrogen and oxygen atoms in total. The van der Waals surface area contributed by atoms with Gasteiger partial charge in [0.2, 0.25) is 0 Å². The van der Waals surface area contributed by atoms with Crippen LogP contribution in [0.4, 0.5) is 4.39 Å². The summed E-state index contributed by atoms with van der Waals surface area (Å²) in [6, 6.07) is 10.2. The summed E-state index contributed by atoms with van der Waals surface area (Å²) in [6.45, 7) is 1.94. The zero-order chi connectivity index (χ0) is 14.0. The van der Waals surface area contributed by atoms with Crippen LogP contribution in [0.3, 0.4) is 0 Å². The summed E-state index contributed by atoms with van der Waals surface area (Å²) in [7, 11) is 0. The standard InChI is InChI=1S/C15H13BrClFO/c1-9-2-3-10(13(17)6-9)7-15(19)12-5-4-11(16)8-14(12)18/h2-6,8,15,19H,7H2,1H3. The van der Waals surface area contributed by atoms with Gasteiger partial charge < -0.3 is 5.11 Å². The molecule has 0 fully saturated rings. The first-order valence-electron chi connectivity index (χ1n) is 5.85. The molecule has 0 heterocycles. The molecule has 2 aromatic rings. The van der Waals surface area contributed by atoms with Crippen molar-refractivity contribution in [2.75, 3.05) is 0 Å². The monoisotopic (exact) mass is 342 g/mol. The fraction of sp³-hybridized carbons (Fsp3) is 0.200. The van der Waals surface area contributed by atoms with E-state index in [9.17, 15) is 9.50 Å². The van der Waals surface area contributed by atoms with Gasteiger partial charge >= 0.3 is 0 Å². The SMILES string of the molecule is Cc1ccc(CC(O)c2ccc(Br)cc2F)c(Cl)c1. The molecule has 2 aromatic carbocycles. The van der Waals surface area contributed by atoms with E-state index in [1.807, 2.05) is 25.1 Å². The van der Waals surface area contributed by atoms with Crippen molar-refractivity contribution in [2.45, 2.75) is 19.4 Å². The summed E-state index contributed by atoms with van der Waals surface area (Å²) in [5.74, 6) is -0.426. The Hall–Kier alpha value is -0.900. The van der Waals surface area contributed by atoms with Crippen LogP contribution in [-0.2, 0) is 6.42 Å². The lowest BCUT2D eigenvalue weighted by Gasteiger charge is -2.13. The van der Waals surface area contributed by atoms with Crippen molar-refractivity contribution < 1.29 is 9.50 Å². The average molecular weight is 344 g/mol. The Morgan fingerprint density at radius 3 is 2.63 bits per heavy atom. The van der Waals surface area contributed by atoms with Crippen LogP contribution < -0.4 is 0 Å². The molecule has 0 saturated heterocycles. The fourth-order valence-corrected chi connectivity index (χ4v) is 2.55. The Balaban J connectivity index is 2.23. The number of aliphatic hydroxyl groups excluding tert-OH is 1. The Bertz CT molecular complexity index is 601. The predicted octanol–water partition coefficient (Wildman–Crippen LogP) is 4.83. The van der Waals surface area contributed by atoms with E-state index in [0.29, 0.717) is 9.50 Å². The number of rotatable bonds is 3. The van der Waals surface area contributed by atoms with E-state index in [0.717, 1.165) is 11.1 Å². The smallest absolute Gasteiger partial charge is 0.130 e. The highest BCUT2D eigenvalue weighted by Crippen LogP contribution is 2.27. The van der Waals surface area contributed by atoms with Crippen molar-refractivity contribution in [3.05, 3.63) is 68.4 Å². The molecule has 0 aliphatic heterocycles. The molecule has 0 saturated carbocycles. The first kappa shape index (κ1) is 14.5. The molecule has 0 amide bonds. The second kappa shape index (κ2) is 6.04. The fourth-order valence-electron chi connectivity index (χ4n) is 1.91. The summed E-state index contributed by atoms with van der Waals surface area (Å²) in [4.78, 5) is 0. The normalized spacial score (nSPS) is 12.5. The second-order valence-electron chi connectivity index (χ2n) is 4.48. The van der Waals surface area contributed by atoms with Gasteiger partial charge in [-0.1, -0.05) is 45.7 Å². The molecule has 19 heavy (non-hydrogen) atoms. The quantitative estimate of drug-likeness (QED) is 0.846. The Kier molecular flexibility index (Phi) is 4.61. The van der Waals surface area contributed by atoms with Gasteiger partial charge in [0.1, 0.15) is 5.82 Å². The summed E-state index contributed by atoms with van der Waals surface area (Å²) < 4.78 is 14.4. The van der Waals surface area contributed by atoms with Gasteiger partial charge in [0.15, 0.2) is 0 Å². The topological polar surface area (TPSA) is 20.2 Å². The maximum Gasteiger partial charge on any atom is 0.130 e. The van der Waals surface area contributed by atoms with E-state index in [4.69, 9.17) is 11.6 Å². The number of benzene rings is 2. The van der Waals surface area contributed by atoms with Gasteiger partial charge in [-0.25, -0.2) is 4.39 Å². The first-order valence-corrected chi connectivity index (χ1v) is 7.02. The van der Waals surface area contributed by atoms with E-state index in [1.54, 1.807) is 12.1 Å². The average Bonchev–Trinajstić information content (AvgIpc) is 2.32. The zero-order valence-corrected chi connectivity index (χ0v) is 12.7. The molecule has 0 radical (unpaired) electrons. The van der Waals surface area contributed by atoms with Gasteiger partial charge in [0.05, 0.1) is 6.10 Å². The molecule has 100 valence electrons. The summed E-state index contributed by atoms with van der Waals surface area (Å²) >= 11 is 9.30. The van der Waals surface area contributed by atoms with E-state index >= 15 is 0 Å². The third kappa shape index (κ3) is 3.56. The predicted molar refractivity (Wildman–Crippen MR) is 79.0 cm³/mol. The van der Waals surface area contributed by atoms with Crippen molar-refractivity contribution in [3.8, 4) is 0 Å². The molecule has 0 aromatic heterocycles. The van der Waals surface area contributed by atoms with Crippen molar-refractivity contribution in [3.63, 3.8) is 0 Å². The molecule has 0 aliphatic carbocycles. The van der Waals surface area contributed by atoms with Gasteiger partial charge in [-0.05, 0) is 36.2 Å². The minimum Gasteiger partial charge on any atom is -0.388 e. The molecule has 0 bridgehead atoms. The van der Waals surface area contributed by atoms with Crippen LogP contribution in [0, 0.1) is 12.7 Å². The van der Waals surface area contributed by atoms with Crippen LogP contribution in [0.2, 0.25) is 5.02 Å². The molecular weight excluding hydrogens is 331 g/mol. The van der Waals surface area contributed by atoms with Crippen LogP contribution in [0.15, 0.2) is 40.9 Å². The lowest BCUT2D eigenvalue weighted by atomic mass is 10.0. The summed E-state index contributed by atoms with van der Waals surface area (Å²) in [5, 5.41) is 10.7. The Labute approximate surface area is 125 Å². The summed E-state index contributed by atoms with van der Waals surface area (Å²) in [5.41, 5.74) is 2.14. The number of hydrogen-bond acceptors (Lipinski definition) is 1. The molecule has 0 spiro atoms. The minimum absolute atomic E-state index is 0.278. The van der Waals surface area contributed by atoms with Crippen LogP contribution in [0.1, 0.15) is 22.8 Å². The number of hydrogen-bond donors (Lipinski definition) is 1.